The number of aryl methyl sites for hydroxylation is 1. The summed E-state index contributed by atoms with van der Waals surface area (Å²) in [6.45, 7) is 4.61. The minimum absolute atomic E-state index is 0.567. The molecule has 1 aromatic heterocycles. The van der Waals surface area contributed by atoms with E-state index >= 15 is 0 Å². The van der Waals surface area contributed by atoms with Gasteiger partial charge in [-0.05, 0) is 47.7 Å². The molecule has 1 fully saturated rings. The predicted octanol–water partition coefficient (Wildman–Crippen LogP) is 2.57. The predicted molar refractivity (Wildman–Crippen MR) is 73.1 cm³/mol. The quantitative estimate of drug-likeness (QED) is 0.900. The molecule has 2 rings (SSSR count). The van der Waals surface area contributed by atoms with Gasteiger partial charge in [-0.1, -0.05) is 0 Å². The molecule has 4 nitrogen and oxygen atoms in total. The minimum Gasteiger partial charge on any atom is -0.382 e. The van der Waals surface area contributed by atoms with Gasteiger partial charge in [0.15, 0.2) is 0 Å². The van der Waals surface area contributed by atoms with E-state index in [1.807, 2.05) is 13.0 Å². The number of pyridine rings is 1. The third-order valence-corrected chi connectivity index (χ3v) is 3.91. The van der Waals surface area contributed by atoms with Gasteiger partial charge in [0.1, 0.15) is 5.82 Å². The van der Waals surface area contributed by atoms with Crippen LogP contribution in [0.1, 0.15) is 18.5 Å². The molecule has 0 bridgehead atoms. The lowest BCUT2D eigenvalue weighted by atomic mass is 10.0. The van der Waals surface area contributed by atoms with Gasteiger partial charge in [0.05, 0.1) is 11.4 Å². The third-order valence-electron chi connectivity index (χ3n) is 3.10. The van der Waals surface area contributed by atoms with Crippen LogP contribution < -0.4 is 11.1 Å². The van der Waals surface area contributed by atoms with Crippen molar-refractivity contribution in [2.75, 3.05) is 30.8 Å². The Labute approximate surface area is 110 Å². The number of hydrogen-bond donors (Lipinski definition) is 2. The normalized spacial score (nSPS) is 17.1. The van der Waals surface area contributed by atoms with Crippen LogP contribution in [0.2, 0.25) is 0 Å². The van der Waals surface area contributed by atoms with Gasteiger partial charge in [0.25, 0.3) is 0 Å². The summed E-state index contributed by atoms with van der Waals surface area (Å²) < 4.78 is 6.33. The van der Waals surface area contributed by atoms with Crippen LogP contribution in [0.3, 0.4) is 0 Å². The number of nitrogens with zero attached hydrogens (tertiary/aromatic N) is 1. The van der Waals surface area contributed by atoms with Gasteiger partial charge in [-0.2, -0.15) is 0 Å². The SMILES string of the molecule is Cc1nc(N)c(NCC2CCOCC2)cc1Br. The van der Waals surface area contributed by atoms with E-state index in [0.717, 1.165) is 48.5 Å². The summed E-state index contributed by atoms with van der Waals surface area (Å²) in [4.78, 5) is 4.28. The first-order valence-corrected chi connectivity index (χ1v) is 6.70. The smallest absolute Gasteiger partial charge is 0.147 e. The van der Waals surface area contributed by atoms with Crippen molar-refractivity contribution in [1.82, 2.24) is 4.98 Å². The molecule has 1 aliphatic heterocycles. The van der Waals surface area contributed by atoms with Crippen LogP contribution in [0.25, 0.3) is 0 Å². The number of nitrogens with two attached hydrogens (primary N) is 1. The zero-order valence-corrected chi connectivity index (χ0v) is 11.6. The highest BCUT2D eigenvalue weighted by Gasteiger charge is 2.14. The molecule has 0 aliphatic carbocycles. The Kier molecular flexibility index (Phi) is 4.23. The minimum atomic E-state index is 0.567. The first kappa shape index (κ1) is 12.6. The summed E-state index contributed by atoms with van der Waals surface area (Å²) in [7, 11) is 0. The van der Waals surface area contributed by atoms with Gasteiger partial charge in [0, 0.05) is 24.2 Å². The Balaban J connectivity index is 1.96. The summed E-state index contributed by atoms with van der Waals surface area (Å²) >= 11 is 3.47. The molecule has 0 saturated carbocycles. The van der Waals surface area contributed by atoms with Gasteiger partial charge < -0.3 is 15.8 Å². The van der Waals surface area contributed by atoms with Gasteiger partial charge in [0.2, 0.25) is 0 Å². The van der Waals surface area contributed by atoms with Gasteiger partial charge >= 0.3 is 0 Å². The molecule has 1 aliphatic rings. The largest absolute Gasteiger partial charge is 0.382 e. The summed E-state index contributed by atoms with van der Waals surface area (Å²) in [6.07, 6.45) is 2.24. The first-order chi connectivity index (χ1) is 8.16. The Bertz CT molecular complexity index is 392. The maximum absolute atomic E-state index is 5.89. The number of nitrogens with one attached hydrogen (secondary N) is 1. The molecular weight excluding hydrogens is 282 g/mol. The van der Waals surface area contributed by atoms with Crippen LogP contribution in [-0.2, 0) is 4.74 Å². The van der Waals surface area contributed by atoms with Gasteiger partial charge in [-0.3, -0.25) is 0 Å². The third kappa shape index (κ3) is 3.33. The second-order valence-corrected chi connectivity index (χ2v) is 5.28. The Morgan fingerprint density at radius 3 is 2.94 bits per heavy atom. The van der Waals surface area contributed by atoms with Crippen LogP contribution in [0.15, 0.2) is 10.5 Å². The number of anilines is 2. The average molecular weight is 300 g/mol. The van der Waals surface area contributed by atoms with E-state index < -0.39 is 0 Å². The maximum atomic E-state index is 5.89. The van der Waals surface area contributed by atoms with Crippen molar-refractivity contribution < 1.29 is 4.74 Å². The molecule has 0 radical (unpaired) electrons. The van der Waals surface area contributed by atoms with Crippen molar-refractivity contribution in [3.05, 3.63) is 16.2 Å². The van der Waals surface area contributed by atoms with Crippen molar-refractivity contribution in [3.63, 3.8) is 0 Å². The molecule has 0 atom stereocenters. The topological polar surface area (TPSA) is 60.2 Å². The lowest BCUT2D eigenvalue weighted by Crippen LogP contribution is -2.23. The molecule has 3 N–H and O–H groups in total. The van der Waals surface area contributed by atoms with E-state index in [4.69, 9.17) is 10.5 Å². The monoisotopic (exact) mass is 299 g/mol. The second kappa shape index (κ2) is 5.69. The average Bonchev–Trinajstić information content (AvgIpc) is 2.33. The van der Waals surface area contributed by atoms with Crippen molar-refractivity contribution >= 4 is 27.4 Å². The molecule has 0 unspecified atom stereocenters. The Hall–Kier alpha value is -0.810. The summed E-state index contributed by atoms with van der Waals surface area (Å²) in [5, 5.41) is 3.38. The van der Waals surface area contributed by atoms with E-state index in [0.29, 0.717) is 11.7 Å². The highest BCUT2D eigenvalue weighted by atomic mass is 79.9. The van der Waals surface area contributed by atoms with E-state index in [2.05, 4.69) is 26.2 Å². The molecule has 17 heavy (non-hydrogen) atoms. The van der Waals surface area contributed by atoms with E-state index in [1.54, 1.807) is 0 Å². The van der Waals surface area contributed by atoms with E-state index in [-0.39, 0.29) is 0 Å². The zero-order valence-electron chi connectivity index (χ0n) is 10.0. The van der Waals surface area contributed by atoms with Crippen LogP contribution in [0, 0.1) is 12.8 Å². The van der Waals surface area contributed by atoms with Crippen LogP contribution >= 0.6 is 15.9 Å². The van der Waals surface area contributed by atoms with Crippen molar-refractivity contribution in [2.24, 2.45) is 5.92 Å². The maximum Gasteiger partial charge on any atom is 0.147 e. The first-order valence-electron chi connectivity index (χ1n) is 5.91. The highest BCUT2D eigenvalue weighted by Crippen LogP contribution is 2.25. The number of ether oxygens (including phenoxy) is 1. The standard InChI is InChI=1S/C12H18BrN3O/c1-8-10(13)6-11(12(14)16-8)15-7-9-2-4-17-5-3-9/h6,9,15H,2-5,7H2,1H3,(H2,14,16). The molecule has 0 spiro atoms. The zero-order chi connectivity index (χ0) is 12.3. The fourth-order valence-electron chi connectivity index (χ4n) is 1.95. The van der Waals surface area contributed by atoms with Gasteiger partial charge in [-0.15, -0.1) is 0 Å². The molecule has 5 heteroatoms. The lowest BCUT2D eigenvalue weighted by molar-refractivity contribution is 0.0699. The summed E-state index contributed by atoms with van der Waals surface area (Å²) in [5.41, 5.74) is 7.71. The lowest BCUT2D eigenvalue weighted by Gasteiger charge is -2.23. The molecule has 94 valence electrons. The number of rotatable bonds is 3. The van der Waals surface area contributed by atoms with Crippen molar-refractivity contribution in [3.8, 4) is 0 Å². The number of hydrogen-bond acceptors (Lipinski definition) is 4. The number of aromatic nitrogens is 1. The molecule has 2 heterocycles. The van der Waals surface area contributed by atoms with Crippen molar-refractivity contribution in [1.29, 1.82) is 0 Å². The van der Waals surface area contributed by atoms with Crippen molar-refractivity contribution in [2.45, 2.75) is 19.8 Å². The molecule has 1 saturated heterocycles. The highest BCUT2D eigenvalue weighted by molar-refractivity contribution is 9.10. The number of nitrogen functional groups attached to an aromatic ring is 1. The summed E-state index contributed by atoms with van der Waals surface area (Å²) in [5.74, 6) is 1.24. The Morgan fingerprint density at radius 2 is 2.24 bits per heavy atom. The Morgan fingerprint density at radius 1 is 1.53 bits per heavy atom. The molecule has 0 amide bonds. The van der Waals surface area contributed by atoms with Crippen LogP contribution in [0.4, 0.5) is 11.5 Å². The second-order valence-electron chi connectivity index (χ2n) is 4.43. The fourth-order valence-corrected chi connectivity index (χ4v) is 2.26. The number of halogens is 1. The van der Waals surface area contributed by atoms with Crippen LogP contribution in [-0.4, -0.2) is 24.7 Å². The van der Waals surface area contributed by atoms with E-state index in [9.17, 15) is 0 Å². The summed E-state index contributed by atoms with van der Waals surface area (Å²) in [6, 6.07) is 2.00. The fraction of sp³-hybridized carbons (Fsp3) is 0.583. The van der Waals surface area contributed by atoms with E-state index in [1.165, 1.54) is 0 Å². The van der Waals surface area contributed by atoms with Crippen LogP contribution in [0.5, 0.6) is 0 Å². The van der Waals surface area contributed by atoms with Gasteiger partial charge in [-0.25, -0.2) is 4.98 Å². The molecular formula is C12H18BrN3O. The molecule has 1 aromatic rings. The molecule has 0 aromatic carbocycles.